The van der Waals surface area contributed by atoms with E-state index in [1.54, 1.807) is 4.90 Å². The molecule has 5 aliphatic carbocycles. The molecule has 2 bridgehead atoms. The third kappa shape index (κ3) is 2.75. The first kappa shape index (κ1) is 18.8. The number of carbonyl (C=O) groups excluding carboxylic acids is 3. The second-order valence-electron chi connectivity index (χ2n) is 9.70. The van der Waals surface area contributed by atoms with Crippen LogP contribution in [0, 0.1) is 41.4 Å². The summed E-state index contributed by atoms with van der Waals surface area (Å²) in [5, 5.41) is 3.00. The fourth-order valence-electron chi connectivity index (χ4n) is 6.71. The summed E-state index contributed by atoms with van der Waals surface area (Å²) >= 11 is 3.40. The van der Waals surface area contributed by atoms with Crippen molar-refractivity contribution in [2.45, 2.75) is 38.1 Å². The summed E-state index contributed by atoms with van der Waals surface area (Å²) < 4.78 is 0.975. The van der Waals surface area contributed by atoms with Gasteiger partial charge in [-0.05, 0) is 80.0 Å². The van der Waals surface area contributed by atoms with Gasteiger partial charge in [-0.2, -0.15) is 0 Å². The molecule has 3 saturated carbocycles. The number of amides is 3. The van der Waals surface area contributed by atoms with Gasteiger partial charge in [0, 0.05) is 22.1 Å². The molecule has 4 fully saturated rings. The maximum Gasteiger partial charge on any atom is 0.233 e. The zero-order valence-corrected chi connectivity index (χ0v) is 18.3. The van der Waals surface area contributed by atoms with E-state index >= 15 is 0 Å². The van der Waals surface area contributed by atoms with Crippen LogP contribution in [0.1, 0.15) is 32.1 Å². The Kier molecular flexibility index (Phi) is 4.24. The molecule has 156 valence electrons. The zero-order valence-electron chi connectivity index (χ0n) is 16.7. The minimum absolute atomic E-state index is 0.0332. The van der Waals surface area contributed by atoms with Crippen LogP contribution in [0.5, 0.6) is 0 Å². The lowest BCUT2D eigenvalue weighted by Crippen LogP contribution is -2.44. The standard InChI is InChI=1S/C24H25BrN2O3/c25-13-3-5-14(6-4-13)26-22(28)12-1-7-15(8-2-12)27-23(29)20-16-9-10-17(19-11-18(16)19)21(20)24(27)30/h3-6,9-10,12,15-21H,1-2,7-8,11H2,(H,26,28)/t12?,15?,16-,17-,18-,19-,20-,21+/m1/s1. The third-order valence-electron chi connectivity index (χ3n) is 8.24. The molecule has 7 rings (SSSR count). The van der Waals surface area contributed by atoms with Crippen LogP contribution < -0.4 is 5.32 Å². The van der Waals surface area contributed by atoms with E-state index in [9.17, 15) is 14.4 Å². The van der Waals surface area contributed by atoms with Gasteiger partial charge in [-0.3, -0.25) is 19.3 Å². The number of likely N-dealkylation sites (tertiary alicyclic amines) is 1. The first-order chi connectivity index (χ1) is 14.5. The van der Waals surface area contributed by atoms with E-state index in [0.29, 0.717) is 11.8 Å². The molecule has 6 aliphatic rings. The number of allylic oxidation sites excluding steroid dienone is 2. The van der Waals surface area contributed by atoms with Crippen molar-refractivity contribution in [1.82, 2.24) is 4.90 Å². The van der Waals surface area contributed by atoms with Crippen molar-refractivity contribution < 1.29 is 14.4 Å². The number of nitrogens with zero attached hydrogens (tertiary/aromatic N) is 1. The predicted molar refractivity (Wildman–Crippen MR) is 115 cm³/mol. The van der Waals surface area contributed by atoms with Crippen molar-refractivity contribution in [2.24, 2.45) is 41.4 Å². The van der Waals surface area contributed by atoms with Crippen molar-refractivity contribution in [2.75, 3.05) is 5.32 Å². The normalized spacial score (nSPS) is 40.9. The van der Waals surface area contributed by atoms with Crippen LogP contribution in [0.15, 0.2) is 40.9 Å². The first-order valence-electron chi connectivity index (χ1n) is 11.1. The van der Waals surface area contributed by atoms with Crippen LogP contribution in [0.25, 0.3) is 0 Å². The number of hydrogen-bond acceptors (Lipinski definition) is 3. The van der Waals surface area contributed by atoms with Crippen LogP contribution in [-0.2, 0) is 14.4 Å². The number of anilines is 1. The highest BCUT2D eigenvalue weighted by molar-refractivity contribution is 9.10. The Morgan fingerprint density at radius 2 is 1.47 bits per heavy atom. The van der Waals surface area contributed by atoms with E-state index in [1.807, 2.05) is 24.3 Å². The highest BCUT2D eigenvalue weighted by Crippen LogP contribution is 2.65. The molecule has 0 spiro atoms. The minimum Gasteiger partial charge on any atom is -0.326 e. The van der Waals surface area contributed by atoms with E-state index in [4.69, 9.17) is 0 Å². The van der Waals surface area contributed by atoms with E-state index in [0.717, 1.165) is 35.8 Å². The summed E-state index contributed by atoms with van der Waals surface area (Å²) in [4.78, 5) is 40.8. The smallest absolute Gasteiger partial charge is 0.233 e. The molecule has 1 N–H and O–H groups in total. The maximum atomic E-state index is 13.3. The van der Waals surface area contributed by atoms with Gasteiger partial charge in [-0.15, -0.1) is 0 Å². The molecule has 1 aliphatic heterocycles. The van der Waals surface area contributed by atoms with Crippen LogP contribution >= 0.6 is 15.9 Å². The molecule has 3 amide bonds. The van der Waals surface area contributed by atoms with Crippen molar-refractivity contribution >= 4 is 39.3 Å². The molecule has 1 aromatic rings. The lowest BCUT2D eigenvalue weighted by atomic mass is 9.63. The molecule has 1 saturated heterocycles. The summed E-state index contributed by atoms with van der Waals surface area (Å²) in [7, 11) is 0. The third-order valence-corrected chi connectivity index (χ3v) is 8.77. The minimum atomic E-state index is -0.116. The van der Waals surface area contributed by atoms with E-state index in [-0.39, 0.29) is 53.4 Å². The van der Waals surface area contributed by atoms with Gasteiger partial charge in [-0.25, -0.2) is 0 Å². The van der Waals surface area contributed by atoms with E-state index < -0.39 is 0 Å². The number of imide groups is 1. The second-order valence-corrected chi connectivity index (χ2v) is 10.6. The lowest BCUT2D eigenvalue weighted by Gasteiger charge is -2.37. The molecule has 1 heterocycles. The molecule has 0 unspecified atom stereocenters. The fraction of sp³-hybridized carbons (Fsp3) is 0.542. The second kappa shape index (κ2) is 6.78. The SMILES string of the molecule is O=C(Nc1ccc(Br)cc1)C1CCC(N2C(=O)[C@@H]3[C@@H]4C=C[C@H]([C@H]5C[C@H]45)[C@@H]3C2=O)CC1. The Balaban J connectivity index is 1.11. The van der Waals surface area contributed by atoms with E-state index in [2.05, 4.69) is 33.4 Å². The van der Waals surface area contributed by atoms with Gasteiger partial charge < -0.3 is 5.32 Å². The first-order valence-corrected chi connectivity index (χ1v) is 11.9. The van der Waals surface area contributed by atoms with Crippen molar-refractivity contribution in [3.05, 3.63) is 40.9 Å². The Hall–Kier alpha value is -1.95. The molecule has 1 aromatic carbocycles. The lowest BCUT2D eigenvalue weighted by molar-refractivity contribution is -0.144. The number of halogens is 1. The average molecular weight is 469 g/mol. The topological polar surface area (TPSA) is 66.5 Å². The molecule has 30 heavy (non-hydrogen) atoms. The van der Waals surface area contributed by atoms with E-state index in [1.165, 1.54) is 6.42 Å². The van der Waals surface area contributed by atoms with Gasteiger partial charge >= 0.3 is 0 Å². The van der Waals surface area contributed by atoms with Crippen molar-refractivity contribution in [3.63, 3.8) is 0 Å². The Morgan fingerprint density at radius 3 is 2.03 bits per heavy atom. The highest BCUT2D eigenvalue weighted by Gasteiger charge is 2.67. The summed E-state index contributed by atoms with van der Waals surface area (Å²) in [5.41, 5.74) is 0.792. The molecular weight excluding hydrogens is 444 g/mol. The average Bonchev–Trinajstić information content (AvgIpc) is 3.53. The number of carbonyl (C=O) groups is 3. The fourth-order valence-corrected chi connectivity index (χ4v) is 6.98. The van der Waals surface area contributed by atoms with Crippen LogP contribution in [0.4, 0.5) is 5.69 Å². The number of benzene rings is 1. The summed E-state index contributed by atoms with van der Waals surface area (Å²) in [5.74, 6) is 1.70. The molecular formula is C24H25BrN2O3. The van der Waals surface area contributed by atoms with Gasteiger partial charge in [0.1, 0.15) is 0 Å². The summed E-state index contributed by atoms with van der Waals surface area (Å²) in [6.07, 6.45) is 8.52. The molecule has 5 nitrogen and oxygen atoms in total. The van der Waals surface area contributed by atoms with Crippen molar-refractivity contribution in [3.8, 4) is 0 Å². The van der Waals surface area contributed by atoms with Crippen LogP contribution in [-0.4, -0.2) is 28.7 Å². The summed E-state index contributed by atoms with van der Waals surface area (Å²) in [6, 6.07) is 7.53. The Labute approximate surface area is 184 Å². The van der Waals surface area contributed by atoms with Gasteiger partial charge in [0.15, 0.2) is 0 Å². The molecule has 6 atom stereocenters. The zero-order chi connectivity index (χ0) is 20.6. The Morgan fingerprint density at radius 1 is 0.900 bits per heavy atom. The quantitative estimate of drug-likeness (QED) is 0.538. The van der Waals surface area contributed by atoms with Crippen molar-refractivity contribution in [1.29, 1.82) is 0 Å². The van der Waals surface area contributed by atoms with Gasteiger partial charge in [0.25, 0.3) is 0 Å². The molecule has 0 radical (unpaired) electrons. The van der Waals surface area contributed by atoms with Crippen LogP contribution in [0.2, 0.25) is 0 Å². The molecule has 0 aromatic heterocycles. The number of nitrogens with one attached hydrogen (secondary N) is 1. The molecule has 6 heteroatoms. The Bertz CT molecular complexity index is 914. The van der Waals surface area contributed by atoms with Gasteiger partial charge in [-0.1, -0.05) is 28.1 Å². The summed E-state index contributed by atoms with van der Waals surface area (Å²) in [6.45, 7) is 0. The number of hydrogen-bond donors (Lipinski definition) is 1. The predicted octanol–water partition coefficient (Wildman–Crippen LogP) is 4.00. The highest BCUT2D eigenvalue weighted by atomic mass is 79.9. The van der Waals surface area contributed by atoms with Crippen LogP contribution in [0.3, 0.4) is 0 Å². The number of rotatable bonds is 3. The maximum absolute atomic E-state index is 13.3. The largest absolute Gasteiger partial charge is 0.326 e. The monoisotopic (exact) mass is 468 g/mol. The van der Waals surface area contributed by atoms with Gasteiger partial charge in [0.2, 0.25) is 17.7 Å². The van der Waals surface area contributed by atoms with Gasteiger partial charge in [0.05, 0.1) is 11.8 Å².